The van der Waals surface area contributed by atoms with Crippen LogP contribution in [0.15, 0.2) is 54.1 Å². The highest BCUT2D eigenvalue weighted by Crippen LogP contribution is 2.40. The first-order valence-electron chi connectivity index (χ1n) is 11.0. The maximum absolute atomic E-state index is 14.1. The minimum absolute atomic E-state index is 0.272. The molecule has 1 unspecified atom stereocenters. The van der Waals surface area contributed by atoms with Crippen molar-refractivity contribution in [3.63, 3.8) is 0 Å². The first kappa shape index (κ1) is 23.0. The van der Waals surface area contributed by atoms with Crippen LogP contribution in [-0.4, -0.2) is 53.6 Å². The number of likely N-dealkylation sites (N-methyl/N-ethyl adjacent to an activating group) is 1. The molecule has 0 bridgehead atoms. The number of aromatic nitrogens is 2. The van der Waals surface area contributed by atoms with Crippen LogP contribution in [0, 0.1) is 24.4 Å². The number of fused-ring (bicyclic) bond motifs is 1. The molecule has 0 aliphatic carbocycles. The van der Waals surface area contributed by atoms with Crippen LogP contribution < -0.4 is 10.1 Å². The van der Waals surface area contributed by atoms with Crippen molar-refractivity contribution < 1.29 is 22.7 Å². The molecule has 1 N–H and O–H groups in total. The number of imidazole rings is 1. The summed E-state index contributed by atoms with van der Waals surface area (Å²) in [5.41, 5.74) is 1.90. The van der Waals surface area contributed by atoms with Crippen molar-refractivity contribution in [1.29, 1.82) is 0 Å². The quantitative estimate of drug-likeness (QED) is 0.560. The predicted molar refractivity (Wildman–Crippen MR) is 125 cm³/mol. The molecule has 0 saturated carbocycles. The Morgan fingerprint density at radius 3 is 2.63 bits per heavy atom. The fraction of sp³-hybridized carbons (Fsp3) is 0.280. The van der Waals surface area contributed by atoms with Crippen molar-refractivity contribution in [3.05, 3.63) is 83.2 Å². The van der Waals surface area contributed by atoms with Crippen molar-refractivity contribution >= 4 is 11.9 Å². The van der Waals surface area contributed by atoms with Gasteiger partial charge in [0.1, 0.15) is 11.3 Å². The third kappa shape index (κ3) is 3.83. The molecule has 3 heterocycles. The Morgan fingerprint density at radius 1 is 1.17 bits per heavy atom. The Balaban J connectivity index is 1.46. The molecule has 5 rings (SSSR count). The van der Waals surface area contributed by atoms with Gasteiger partial charge in [-0.1, -0.05) is 17.3 Å². The predicted octanol–water partition coefficient (Wildman–Crippen LogP) is 3.76. The van der Waals surface area contributed by atoms with Gasteiger partial charge in [0, 0.05) is 26.3 Å². The fourth-order valence-corrected chi connectivity index (χ4v) is 4.68. The molecule has 10 heteroatoms. The Morgan fingerprint density at radius 2 is 1.94 bits per heavy atom. The molecule has 2 atom stereocenters. The number of rotatable bonds is 5. The first-order valence-corrected chi connectivity index (χ1v) is 11.0. The second-order valence-corrected chi connectivity index (χ2v) is 8.60. The summed E-state index contributed by atoms with van der Waals surface area (Å²) in [5, 5.41) is 7.42. The molecule has 35 heavy (non-hydrogen) atoms. The first-order chi connectivity index (χ1) is 16.8. The standard InChI is InChI=1S/C25H24F3N5O2/c1-15-12-33(14-30-15)20-6-4-16(8-21(20)34-3)5-7-23-31-35-22-11-29-13-25(22,32(23)2)17-9-18(26)24(28)19(27)10-17/h4-10,12,14,22,29H,11,13H2,1-3H3/t22?,25-/m0/s1. The van der Waals surface area contributed by atoms with Crippen LogP contribution in [-0.2, 0) is 10.4 Å². The molecule has 2 aliphatic rings. The van der Waals surface area contributed by atoms with E-state index >= 15 is 0 Å². The molecule has 0 spiro atoms. The van der Waals surface area contributed by atoms with Crippen LogP contribution in [0.25, 0.3) is 11.8 Å². The zero-order chi connectivity index (χ0) is 24.7. The zero-order valence-corrected chi connectivity index (χ0v) is 19.4. The van der Waals surface area contributed by atoms with E-state index in [1.165, 1.54) is 0 Å². The van der Waals surface area contributed by atoms with E-state index in [2.05, 4.69) is 15.5 Å². The summed E-state index contributed by atoms with van der Waals surface area (Å²) >= 11 is 0. The maximum Gasteiger partial charge on any atom is 0.194 e. The van der Waals surface area contributed by atoms with Crippen LogP contribution in [0.3, 0.4) is 0 Å². The summed E-state index contributed by atoms with van der Waals surface area (Å²) < 4.78 is 49.3. The zero-order valence-electron chi connectivity index (χ0n) is 19.4. The normalized spacial score (nSPS) is 21.7. The van der Waals surface area contributed by atoms with E-state index in [0.29, 0.717) is 24.7 Å². The number of benzene rings is 2. The second kappa shape index (κ2) is 8.77. The van der Waals surface area contributed by atoms with Crippen LogP contribution in [0.4, 0.5) is 13.2 Å². The lowest BCUT2D eigenvalue weighted by atomic mass is 9.84. The number of halogens is 3. The van der Waals surface area contributed by atoms with Gasteiger partial charge in [0.25, 0.3) is 0 Å². The average Bonchev–Trinajstić information content (AvgIpc) is 3.49. The van der Waals surface area contributed by atoms with Crippen LogP contribution in [0.1, 0.15) is 16.8 Å². The molecule has 2 aliphatic heterocycles. The number of hydrogen-bond acceptors (Lipinski definition) is 6. The molecule has 7 nitrogen and oxygen atoms in total. The Hall–Kier alpha value is -3.79. The van der Waals surface area contributed by atoms with Crippen LogP contribution in [0.5, 0.6) is 5.75 Å². The Kier molecular flexibility index (Phi) is 5.76. The minimum Gasteiger partial charge on any atom is -0.495 e. The van der Waals surface area contributed by atoms with Crippen molar-refractivity contribution in [2.45, 2.75) is 18.6 Å². The lowest BCUT2D eigenvalue weighted by Crippen LogP contribution is -2.57. The van der Waals surface area contributed by atoms with E-state index in [0.717, 1.165) is 29.1 Å². The lowest BCUT2D eigenvalue weighted by molar-refractivity contribution is -0.0390. The topological polar surface area (TPSA) is 63.9 Å². The van der Waals surface area contributed by atoms with Crippen molar-refractivity contribution in [2.24, 2.45) is 5.16 Å². The summed E-state index contributed by atoms with van der Waals surface area (Å²) in [7, 11) is 3.37. The molecule has 1 saturated heterocycles. The maximum atomic E-state index is 14.1. The monoisotopic (exact) mass is 483 g/mol. The lowest BCUT2D eigenvalue weighted by Gasteiger charge is -2.45. The molecule has 0 amide bonds. The Labute approximate surface area is 200 Å². The largest absolute Gasteiger partial charge is 0.495 e. The summed E-state index contributed by atoms with van der Waals surface area (Å²) in [6, 6.07) is 7.77. The van der Waals surface area contributed by atoms with Gasteiger partial charge in [-0.2, -0.15) is 0 Å². The van der Waals surface area contributed by atoms with E-state index in [4.69, 9.17) is 9.57 Å². The number of oxime groups is 1. The number of nitrogens with one attached hydrogen (secondary N) is 1. The molecule has 182 valence electrons. The SMILES string of the molecule is COc1cc(C=CC2=NOC3CNC[C@@]3(c3cc(F)c(F)c(F)c3)N2C)ccc1-n1cnc(C)c1. The second-order valence-electron chi connectivity index (χ2n) is 8.60. The summed E-state index contributed by atoms with van der Waals surface area (Å²) in [4.78, 5) is 11.8. The van der Waals surface area contributed by atoms with E-state index in [9.17, 15) is 13.2 Å². The van der Waals surface area contributed by atoms with E-state index in [1.54, 1.807) is 26.6 Å². The number of aryl methyl sites for hydroxylation is 1. The van der Waals surface area contributed by atoms with Crippen molar-refractivity contribution in [1.82, 2.24) is 19.8 Å². The fourth-order valence-electron chi connectivity index (χ4n) is 4.68. The summed E-state index contributed by atoms with van der Waals surface area (Å²) in [6.07, 6.45) is 6.71. The number of methoxy groups -OCH3 is 1. The molecule has 2 aromatic carbocycles. The van der Waals surface area contributed by atoms with Gasteiger partial charge < -0.3 is 24.4 Å². The van der Waals surface area contributed by atoms with E-state index < -0.39 is 29.1 Å². The van der Waals surface area contributed by atoms with Crippen LogP contribution in [0.2, 0.25) is 0 Å². The minimum atomic E-state index is -1.50. The molecule has 1 aromatic heterocycles. The smallest absolute Gasteiger partial charge is 0.194 e. The van der Waals surface area contributed by atoms with Gasteiger partial charge in [-0.05, 0) is 48.4 Å². The average molecular weight is 483 g/mol. The van der Waals surface area contributed by atoms with Gasteiger partial charge in [-0.15, -0.1) is 0 Å². The van der Waals surface area contributed by atoms with Gasteiger partial charge in [-0.25, -0.2) is 18.2 Å². The van der Waals surface area contributed by atoms with Gasteiger partial charge in [0.15, 0.2) is 29.4 Å². The van der Waals surface area contributed by atoms with Crippen molar-refractivity contribution in [3.8, 4) is 11.4 Å². The highest BCUT2D eigenvalue weighted by molar-refractivity contribution is 5.97. The van der Waals surface area contributed by atoms with Gasteiger partial charge in [-0.3, -0.25) is 0 Å². The third-order valence-corrected chi connectivity index (χ3v) is 6.57. The molecule has 1 fully saturated rings. The van der Waals surface area contributed by atoms with Crippen molar-refractivity contribution in [2.75, 3.05) is 27.2 Å². The van der Waals surface area contributed by atoms with Crippen LogP contribution >= 0.6 is 0 Å². The number of amidine groups is 1. The summed E-state index contributed by atoms with van der Waals surface area (Å²) in [5.74, 6) is -2.87. The molecular formula is C25H24F3N5O2. The highest BCUT2D eigenvalue weighted by atomic mass is 19.2. The number of hydrogen-bond donors (Lipinski definition) is 1. The third-order valence-electron chi connectivity index (χ3n) is 6.57. The molecular weight excluding hydrogens is 459 g/mol. The van der Waals surface area contributed by atoms with Gasteiger partial charge >= 0.3 is 0 Å². The number of nitrogens with zero attached hydrogens (tertiary/aromatic N) is 4. The summed E-state index contributed by atoms with van der Waals surface area (Å²) in [6.45, 7) is 2.69. The highest BCUT2D eigenvalue weighted by Gasteiger charge is 2.53. The van der Waals surface area contributed by atoms with E-state index in [-0.39, 0.29) is 5.56 Å². The van der Waals surface area contributed by atoms with Gasteiger partial charge in [0.2, 0.25) is 0 Å². The van der Waals surface area contributed by atoms with Gasteiger partial charge in [0.05, 0.1) is 24.8 Å². The molecule has 0 radical (unpaired) electrons. The molecule has 3 aromatic rings. The van der Waals surface area contributed by atoms with E-state index in [1.807, 2.05) is 46.9 Å². The Bertz CT molecular complexity index is 1320. The number of ether oxygens (including phenoxy) is 1.